The summed E-state index contributed by atoms with van der Waals surface area (Å²) in [7, 11) is 0. The molecular formula is C21H19ClO6. The molecule has 2 aromatic carbocycles. The van der Waals surface area contributed by atoms with E-state index in [1.807, 2.05) is 0 Å². The van der Waals surface area contributed by atoms with Crippen molar-refractivity contribution in [2.45, 2.75) is 23.2 Å². The van der Waals surface area contributed by atoms with Crippen molar-refractivity contribution in [3.8, 4) is 0 Å². The number of rotatable bonds is 5. The highest BCUT2D eigenvalue weighted by atomic mass is 35.5. The van der Waals surface area contributed by atoms with Crippen molar-refractivity contribution in [2.24, 2.45) is 0 Å². The third-order valence-corrected chi connectivity index (χ3v) is 4.99. The van der Waals surface area contributed by atoms with Crippen molar-refractivity contribution in [1.29, 1.82) is 0 Å². The van der Waals surface area contributed by atoms with Gasteiger partial charge in [0, 0.05) is 0 Å². The number of ether oxygens (including phenoxy) is 2. The summed E-state index contributed by atoms with van der Waals surface area (Å²) < 4.78 is 10.4. The molecule has 0 radical (unpaired) electrons. The van der Waals surface area contributed by atoms with Crippen LogP contribution in [0.1, 0.15) is 20.7 Å². The van der Waals surface area contributed by atoms with E-state index in [1.165, 1.54) is 12.2 Å². The second kappa shape index (κ2) is 8.56. The van der Waals surface area contributed by atoms with E-state index >= 15 is 0 Å². The van der Waals surface area contributed by atoms with Gasteiger partial charge < -0.3 is 19.7 Å². The average Bonchev–Trinajstić information content (AvgIpc) is 2.74. The Morgan fingerprint density at radius 1 is 0.929 bits per heavy atom. The Balaban J connectivity index is 1.69. The van der Waals surface area contributed by atoms with E-state index in [2.05, 4.69) is 0 Å². The van der Waals surface area contributed by atoms with Crippen LogP contribution in [-0.2, 0) is 9.47 Å². The smallest absolute Gasteiger partial charge is 0.338 e. The van der Waals surface area contributed by atoms with E-state index in [0.29, 0.717) is 11.1 Å². The fourth-order valence-electron chi connectivity index (χ4n) is 2.80. The van der Waals surface area contributed by atoms with Crippen LogP contribution in [0.15, 0.2) is 72.8 Å². The van der Waals surface area contributed by atoms with E-state index < -0.39 is 41.7 Å². The predicted molar refractivity (Wildman–Crippen MR) is 102 cm³/mol. The molecule has 3 rings (SSSR count). The SMILES string of the molecule is O=C(OC[C@]1(O)[C@@H](Cl)C=C[C@H](OC(=O)c2ccccc2)[C@@H]1O)c1ccccc1. The van der Waals surface area contributed by atoms with Gasteiger partial charge >= 0.3 is 11.9 Å². The van der Waals surface area contributed by atoms with Gasteiger partial charge in [0.15, 0.2) is 0 Å². The van der Waals surface area contributed by atoms with E-state index in [9.17, 15) is 19.8 Å². The first-order valence-electron chi connectivity index (χ1n) is 8.63. The molecule has 0 bridgehead atoms. The van der Waals surface area contributed by atoms with E-state index in [1.54, 1.807) is 60.7 Å². The van der Waals surface area contributed by atoms with E-state index in [4.69, 9.17) is 21.1 Å². The van der Waals surface area contributed by atoms with Crippen LogP contribution in [0.3, 0.4) is 0 Å². The quantitative estimate of drug-likeness (QED) is 0.453. The highest BCUT2D eigenvalue weighted by Gasteiger charge is 2.50. The molecule has 1 aliphatic rings. The highest BCUT2D eigenvalue weighted by Crippen LogP contribution is 2.31. The lowest BCUT2D eigenvalue weighted by molar-refractivity contribution is -0.140. The number of carbonyl (C=O) groups is 2. The summed E-state index contributed by atoms with van der Waals surface area (Å²) >= 11 is 6.14. The van der Waals surface area contributed by atoms with Gasteiger partial charge in [0.2, 0.25) is 0 Å². The van der Waals surface area contributed by atoms with Gasteiger partial charge in [-0.15, -0.1) is 11.6 Å². The van der Waals surface area contributed by atoms with Gasteiger partial charge in [0.1, 0.15) is 24.4 Å². The Morgan fingerprint density at radius 3 is 2.04 bits per heavy atom. The lowest BCUT2D eigenvalue weighted by Crippen LogP contribution is -2.60. The summed E-state index contributed by atoms with van der Waals surface area (Å²) in [6, 6.07) is 16.5. The minimum absolute atomic E-state index is 0.296. The van der Waals surface area contributed by atoms with Crippen LogP contribution in [0.4, 0.5) is 0 Å². The van der Waals surface area contributed by atoms with E-state index in [-0.39, 0.29) is 0 Å². The normalized spacial score (nSPS) is 26.5. The molecule has 0 amide bonds. The number of aliphatic hydroxyl groups excluding tert-OH is 1. The van der Waals surface area contributed by atoms with Crippen molar-refractivity contribution in [3.05, 3.63) is 83.9 Å². The number of benzene rings is 2. The van der Waals surface area contributed by atoms with Crippen molar-refractivity contribution >= 4 is 23.5 Å². The molecular weight excluding hydrogens is 384 g/mol. The summed E-state index contributed by atoms with van der Waals surface area (Å²) in [6.07, 6.45) is 0.0592. The van der Waals surface area contributed by atoms with Crippen LogP contribution in [0.5, 0.6) is 0 Å². The summed E-state index contributed by atoms with van der Waals surface area (Å²) in [6.45, 7) is -0.570. The zero-order valence-corrected chi connectivity index (χ0v) is 15.5. The molecule has 4 atom stereocenters. The monoisotopic (exact) mass is 402 g/mol. The molecule has 0 saturated carbocycles. The molecule has 6 nitrogen and oxygen atoms in total. The van der Waals surface area contributed by atoms with Crippen LogP contribution >= 0.6 is 11.6 Å². The molecule has 0 saturated heterocycles. The largest absolute Gasteiger partial charge is 0.459 e. The van der Waals surface area contributed by atoms with Gasteiger partial charge in [0.25, 0.3) is 0 Å². The maximum Gasteiger partial charge on any atom is 0.338 e. The molecule has 0 unspecified atom stereocenters. The first-order chi connectivity index (χ1) is 13.4. The van der Waals surface area contributed by atoms with Gasteiger partial charge in [-0.05, 0) is 30.3 Å². The Kier molecular flexibility index (Phi) is 6.14. The van der Waals surface area contributed by atoms with Crippen LogP contribution < -0.4 is 0 Å². The molecule has 0 spiro atoms. The summed E-state index contributed by atoms with van der Waals surface area (Å²) in [4.78, 5) is 24.4. The van der Waals surface area contributed by atoms with Crippen LogP contribution in [-0.4, -0.2) is 51.9 Å². The molecule has 0 fully saturated rings. The molecule has 7 heteroatoms. The number of hydrogen-bond donors (Lipinski definition) is 2. The first kappa shape index (κ1) is 20.1. The Hall–Kier alpha value is -2.67. The molecule has 0 heterocycles. The molecule has 2 N–H and O–H groups in total. The predicted octanol–water partition coefficient (Wildman–Crippen LogP) is 2.34. The third-order valence-electron chi connectivity index (χ3n) is 4.47. The second-order valence-electron chi connectivity index (χ2n) is 6.40. The molecule has 146 valence electrons. The summed E-state index contributed by atoms with van der Waals surface area (Å²) in [5.74, 6) is -1.33. The van der Waals surface area contributed by atoms with Crippen molar-refractivity contribution in [2.75, 3.05) is 6.61 Å². The van der Waals surface area contributed by atoms with Gasteiger partial charge in [-0.25, -0.2) is 9.59 Å². The standard InChI is InChI=1S/C21H19ClO6/c22-17-12-11-16(28-20(25)15-9-5-2-6-10-15)18(23)21(17,26)13-27-19(24)14-7-3-1-4-8-14/h1-12,16-18,23,26H,13H2/t16-,17-,18-,21-/m0/s1. The van der Waals surface area contributed by atoms with Crippen molar-refractivity contribution < 1.29 is 29.3 Å². The molecule has 2 aromatic rings. The Labute approximate surface area is 167 Å². The molecule has 1 aliphatic carbocycles. The summed E-state index contributed by atoms with van der Waals surface area (Å²) in [5, 5.41) is 20.4. The number of esters is 2. The van der Waals surface area contributed by atoms with Crippen LogP contribution in [0, 0.1) is 0 Å². The van der Waals surface area contributed by atoms with Gasteiger partial charge in [0.05, 0.1) is 16.5 Å². The van der Waals surface area contributed by atoms with Crippen LogP contribution in [0.2, 0.25) is 0 Å². The molecule has 0 aromatic heterocycles. The second-order valence-corrected chi connectivity index (χ2v) is 6.87. The topological polar surface area (TPSA) is 93.1 Å². The molecule has 0 aliphatic heterocycles. The van der Waals surface area contributed by atoms with Gasteiger partial charge in [-0.3, -0.25) is 0 Å². The average molecular weight is 403 g/mol. The fraction of sp³-hybridized carbons (Fsp3) is 0.238. The number of aliphatic hydroxyl groups is 2. The maximum absolute atomic E-state index is 12.2. The number of halogens is 1. The van der Waals surface area contributed by atoms with Gasteiger partial charge in [-0.2, -0.15) is 0 Å². The maximum atomic E-state index is 12.2. The number of alkyl halides is 1. The first-order valence-corrected chi connectivity index (χ1v) is 9.06. The van der Waals surface area contributed by atoms with Crippen molar-refractivity contribution in [1.82, 2.24) is 0 Å². The van der Waals surface area contributed by atoms with Crippen LogP contribution in [0.25, 0.3) is 0 Å². The number of carbonyl (C=O) groups excluding carboxylic acids is 2. The Morgan fingerprint density at radius 2 is 1.46 bits per heavy atom. The zero-order chi connectivity index (χ0) is 20.1. The fourth-order valence-corrected chi connectivity index (χ4v) is 3.08. The number of hydrogen-bond acceptors (Lipinski definition) is 6. The lowest BCUT2D eigenvalue weighted by Gasteiger charge is -2.40. The van der Waals surface area contributed by atoms with Crippen molar-refractivity contribution in [3.63, 3.8) is 0 Å². The zero-order valence-electron chi connectivity index (χ0n) is 14.8. The summed E-state index contributed by atoms with van der Waals surface area (Å²) in [5.41, 5.74) is -1.43. The Bertz CT molecular complexity index is 854. The van der Waals surface area contributed by atoms with Gasteiger partial charge in [-0.1, -0.05) is 42.5 Å². The third kappa shape index (κ3) is 4.25. The lowest BCUT2D eigenvalue weighted by atomic mass is 9.84. The van der Waals surface area contributed by atoms with E-state index in [0.717, 1.165) is 0 Å². The molecule has 28 heavy (non-hydrogen) atoms. The highest BCUT2D eigenvalue weighted by molar-refractivity contribution is 6.22. The minimum Gasteiger partial charge on any atom is -0.459 e. The minimum atomic E-state index is -2.03.